The molecule has 7 nitrogen and oxygen atoms in total. The highest BCUT2D eigenvalue weighted by atomic mass is 16.6. The summed E-state index contributed by atoms with van der Waals surface area (Å²) >= 11 is 0. The van der Waals surface area contributed by atoms with Gasteiger partial charge in [-0.2, -0.15) is 0 Å². The number of carbonyl (C=O) groups is 1. The number of hydrogen-bond acceptors (Lipinski definition) is 5. The van der Waals surface area contributed by atoms with E-state index in [9.17, 15) is 4.79 Å². The molecule has 2 N–H and O–H groups in total. The zero-order chi connectivity index (χ0) is 19.7. The van der Waals surface area contributed by atoms with Crippen molar-refractivity contribution in [1.29, 1.82) is 0 Å². The second-order valence-corrected chi connectivity index (χ2v) is 8.85. The van der Waals surface area contributed by atoms with Gasteiger partial charge < -0.3 is 24.8 Å². The fourth-order valence-electron chi connectivity index (χ4n) is 4.58. The number of hydrogen-bond donors (Lipinski definition) is 2. The fraction of sp³-hybridized carbons (Fsp3) is 0.714. The van der Waals surface area contributed by atoms with E-state index in [1.54, 1.807) is 6.20 Å². The number of carbonyl (C=O) groups excluding carboxylic acids is 1. The predicted octanol–water partition coefficient (Wildman–Crippen LogP) is 2.57. The number of fused-ring (bicyclic) bond motifs is 1. The van der Waals surface area contributed by atoms with Crippen LogP contribution in [0.4, 0.5) is 4.79 Å². The Hall–Kier alpha value is -1.86. The average Bonchev–Trinajstić information content (AvgIpc) is 3.22. The van der Waals surface area contributed by atoms with Crippen LogP contribution in [0.1, 0.15) is 45.2 Å². The molecule has 5 atom stereocenters. The Morgan fingerprint density at radius 1 is 1.21 bits per heavy atom. The molecule has 1 aliphatic carbocycles. The van der Waals surface area contributed by atoms with Crippen LogP contribution in [0.2, 0.25) is 0 Å². The standard InChI is InChI=1S/C21H31N3O4/c1-13-15(7-6-10-22-13)28-16-12-27-18-14(11-26-19(16)18)23-20(25)24-17-8-4-5-9-21(17,2)3/h6-7,10,14,16-19H,4-5,8-9,11-12H2,1-3H3,(H2,23,24,25)/t14-,16-,17?,18+,19+/m0/s1. The molecule has 154 valence electrons. The first-order chi connectivity index (χ1) is 13.4. The van der Waals surface area contributed by atoms with Gasteiger partial charge in [0.2, 0.25) is 0 Å². The van der Waals surface area contributed by atoms with Crippen molar-refractivity contribution in [3.63, 3.8) is 0 Å². The highest BCUT2D eigenvalue weighted by molar-refractivity contribution is 5.74. The van der Waals surface area contributed by atoms with Gasteiger partial charge >= 0.3 is 6.03 Å². The van der Waals surface area contributed by atoms with E-state index in [1.165, 1.54) is 12.8 Å². The minimum Gasteiger partial charge on any atom is -0.483 e. The zero-order valence-electron chi connectivity index (χ0n) is 16.9. The van der Waals surface area contributed by atoms with E-state index < -0.39 is 0 Å². The van der Waals surface area contributed by atoms with Crippen LogP contribution in [0.5, 0.6) is 5.75 Å². The summed E-state index contributed by atoms with van der Waals surface area (Å²) in [7, 11) is 0. The van der Waals surface area contributed by atoms with Crippen molar-refractivity contribution < 1.29 is 19.0 Å². The number of pyridine rings is 1. The molecule has 3 fully saturated rings. The van der Waals surface area contributed by atoms with Crippen molar-refractivity contribution in [2.75, 3.05) is 13.2 Å². The van der Waals surface area contributed by atoms with Gasteiger partial charge in [-0.05, 0) is 37.3 Å². The Morgan fingerprint density at radius 3 is 2.82 bits per heavy atom. The van der Waals surface area contributed by atoms with Crippen LogP contribution in [0.3, 0.4) is 0 Å². The summed E-state index contributed by atoms with van der Waals surface area (Å²) in [6.07, 6.45) is 5.76. The molecule has 1 aromatic rings. The third-order valence-corrected chi connectivity index (χ3v) is 6.37. The minimum atomic E-state index is -0.194. The van der Waals surface area contributed by atoms with Gasteiger partial charge in [0, 0.05) is 12.2 Å². The number of amides is 2. The maximum Gasteiger partial charge on any atom is 0.315 e. The molecule has 7 heteroatoms. The van der Waals surface area contributed by atoms with Gasteiger partial charge in [0.15, 0.2) is 6.10 Å². The summed E-state index contributed by atoms with van der Waals surface area (Å²) in [6, 6.07) is 3.66. The summed E-state index contributed by atoms with van der Waals surface area (Å²) < 4.78 is 17.9. The summed E-state index contributed by atoms with van der Waals surface area (Å²) in [4.78, 5) is 16.8. The van der Waals surface area contributed by atoms with E-state index in [2.05, 4.69) is 29.5 Å². The molecule has 2 aliphatic heterocycles. The molecule has 4 rings (SSSR count). The molecule has 2 amide bonds. The van der Waals surface area contributed by atoms with Crippen LogP contribution in [0.25, 0.3) is 0 Å². The Balaban J connectivity index is 1.32. The van der Waals surface area contributed by atoms with Crippen LogP contribution < -0.4 is 15.4 Å². The SMILES string of the molecule is Cc1ncccc1O[C@H]1CO[C@H]2[C@@H]1OC[C@@H]2NC(=O)NC1CCCCC1(C)C. The Kier molecular flexibility index (Phi) is 5.47. The summed E-state index contributed by atoms with van der Waals surface area (Å²) in [5, 5.41) is 6.24. The summed E-state index contributed by atoms with van der Waals surface area (Å²) in [6.45, 7) is 7.25. The summed E-state index contributed by atoms with van der Waals surface area (Å²) in [5.74, 6) is 0.744. The lowest BCUT2D eigenvalue weighted by molar-refractivity contribution is 0.0299. The molecule has 2 saturated heterocycles. The molecule has 28 heavy (non-hydrogen) atoms. The highest BCUT2D eigenvalue weighted by Crippen LogP contribution is 2.35. The molecular formula is C21H31N3O4. The van der Waals surface area contributed by atoms with Crippen molar-refractivity contribution in [2.45, 2.75) is 76.9 Å². The lowest BCUT2D eigenvalue weighted by atomic mass is 9.73. The number of rotatable bonds is 4. The number of urea groups is 1. The van der Waals surface area contributed by atoms with Gasteiger partial charge in [-0.1, -0.05) is 26.7 Å². The van der Waals surface area contributed by atoms with Crippen molar-refractivity contribution in [2.24, 2.45) is 5.41 Å². The molecule has 3 heterocycles. The van der Waals surface area contributed by atoms with E-state index in [4.69, 9.17) is 14.2 Å². The molecule has 1 aromatic heterocycles. The van der Waals surface area contributed by atoms with E-state index in [0.29, 0.717) is 13.2 Å². The van der Waals surface area contributed by atoms with E-state index in [0.717, 1.165) is 24.3 Å². The highest BCUT2D eigenvalue weighted by Gasteiger charge is 2.49. The molecule has 0 spiro atoms. The first-order valence-electron chi connectivity index (χ1n) is 10.3. The lowest BCUT2D eigenvalue weighted by Gasteiger charge is -2.39. The van der Waals surface area contributed by atoms with Gasteiger partial charge in [0.05, 0.1) is 24.9 Å². The van der Waals surface area contributed by atoms with Gasteiger partial charge in [0.1, 0.15) is 18.0 Å². The molecule has 0 bridgehead atoms. The largest absolute Gasteiger partial charge is 0.483 e. The smallest absolute Gasteiger partial charge is 0.315 e. The van der Waals surface area contributed by atoms with Gasteiger partial charge in [-0.25, -0.2) is 4.79 Å². The quantitative estimate of drug-likeness (QED) is 0.827. The van der Waals surface area contributed by atoms with Gasteiger partial charge in [-0.15, -0.1) is 0 Å². The molecule has 3 aliphatic rings. The fourth-order valence-corrected chi connectivity index (χ4v) is 4.58. The number of aryl methyl sites for hydroxylation is 1. The van der Waals surface area contributed by atoms with Crippen LogP contribution in [0, 0.1) is 12.3 Å². The molecule has 0 radical (unpaired) electrons. The van der Waals surface area contributed by atoms with Crippen LogP contribution in [-0.4, -0.2) is 54.6 Å². The topological polar surface area (TPSA) is 81.7 Å². The number of aromatic nitrogens is 1. The van der Waals surface area contributed by atoms with Crippen molar-refractivity contribution >= 4 is 6.03 Å². The van der Waals surface area contributed by atoms with Crippen molar-refractivity contribution in [3.05, 3.63) is 24.0 Å². The first-order valence-corrected chi connectivity index (χ1v) is 10.3. The second-order valence-electron chi connectivity index (χ2n) is 8.85. The Morgan fingerprint density at radius 2 is 2.04 bits per heavy atom. The molecule has 1 unspecified atom stereocenters. The number of ether oxygens (including phenoxy) is 3. The lowest BCUT2D eigenvalue weighted by Crippen LogP contribution is -2.54. The monoisotopic (exact) mass is 389 g/mol. The van der Waals surface area contributed by atoms with Gasteiger partial charge in [0.25, 0.3) is 0 Å². The van der Waals surface area contributed by atoms with E-state index in [-0.39, 0.29) is 41.8 Å². The van der Waals surface area contributed by atoms with Crippen LogP contribution >= 0.6 is 0 Å². The van der Waals surface area contributed by atoms with E-state index in [1.807, 2.05) is 19.1 Å². The first kappa shape index (κ1) is 19.5. The minimum absolute atomic E-state index is 0.134. The molecule has 1 saturated carbocycles. The number of nitrogens with zero attached hydrogens (tertiary/aromatic N) is 1. The maximum atomic E-state index is 12.6. The van der Waals surface area contributed by atoms with Crippen LogP contribution in [-0.2, 0) is 9.47 Å². The maximum absolute atomic E-state index is 12.6. The third kappa shape index (κ3) is 3.96. The van der Waals surface area contributed by atoms with Crippen LogP contribution in [0.15, 0.2) is 18.3 Å². The van der Waals surface area contributed by atoms with Gasteiger partial charge in [-0.3, -0.25) is 4.98 Å². The van der Waals surface area contributed by atoms with Crippen molar-refractivity contribution in [1.82, 2.24) is 15.6 Å². The normalized spacial score (nSPS) is 33.9. The predicted molar refractivity (Wildman–Crippen MR) is 104 cm³/mol. The zero-order valence-corrected chi connectivity index (χ0v) is 16.9. The third-order valence-electron chi connectivity index (χ3n) is 6.37. The Labute approximate surface area is 166 Å². The molecule has 0 aromatic carbocycles. The number of nitrogens with one attached hydrogen (secondary N) is 2. The van der Waals surface area contributed by atoms with Crippen molar-refractivity contribution in [3.8, 4) is 5.75 Å². The van der Waals surface area contributed by atoms with E-state index >= 15 is 0 Å². The average molecular weight is 389 g/mol. The summed E-state index contributed by atoms with van der Waals surface area (Å²) in [5.41, 5.74) is 0.974. The second kappa shape index (κ2) is 7.87. The molecular weight excluding hydrogens is 358 g/mol. The Bertz CT molecular complexity index is 711.